The standard InChI is InChI=1S/C18H17Cl2FN2O3/c1-11(13-7-16(21)15(20)8-14(13)19)23-17(24)9-22-18(25)26-10-12-5-3-2-4-6-12/h2-8,11H,9-10H2,1H3,(H,22,25)(H,23,24). The van der Waals surface area contributed by atoms with E-state index >= 15 is 0 Å². The molecular formula is C18H17Cl2FN2O3. The van der Waals surface area contributed by atoms with E-state index in [9.17, 15) is 14.0 Å². The molecule has 0 aliphatic rings. The third-order valence-corrected chi connectivity index (χ3v) is 4.11. The molecular weight excluding hydrogens is 382 g/mol. The van der Waals surface area contributed by atoms with Crippen molar-refractivity contribution in [2.75, 3.05) is 6.54 Å². The summed E-state index contributed by atoms with van der Waals surface area (Å²) in [6.45, 7) is 1.45. The number of amides is 2. The Morgan fingerprint density at radius 2 is 1.85 bits per heavy atom. The van der Waals surface area contributed by atoms with Gasteiger partial charge in [0, 0.05) is 5.02 Å². The van der Waals surface area contributed by atoms with Crippen LogP contribution in [-0.2, 0) is 16.1 Å². The zero-order valence-electron chi connectivity index (χ0n) is 13.9. The third-order valence-electron chi connectivity index (χ3n) is 3.49. The summed E-state index contributed by atoms with van der Waals surface area (Å²) in [6, 6.07) is 11.0. The highest BCUT2D eigenvalue weighted by Crippen LogP contribution is 2.28. The Bertz CT molecular complexity index is 788. The fraction of sp³-hybridized carbons (Fsp3) is 0.222. The first-order chi connectivity index (χ1) is 12.4. The molecule has 0 aliphatic heterocycles. The van der Waals surface area contributed by atoms with Gasteiger partial charge in [-0.05, 0) is 30.2 Å². The van der Waals surface area contributed by atoms with Gasteiger partial charge in [0.15, 0.2) is 0 Å². The molecule has 1 atom stereocenters. The normalized spacial score (nSPS) is 11.5. The van der Waals surface area contributed by atoms with Gasteiger partial charge < -0.3 is 15.4 Å². The number of halogens is 3. The molecule has 1 unspecified atom stereocenters. The molecule has 0 fully saturated rings. The Morgan fingerprint density at radius 1 is 1.15 bits per heavy atom. The highest BCUT2D eigenvalue weighted by atomic mass is 35.5. The molecule has 2 aromatic rings. The summed E-state index contributed by atoms with van der Waals surface area (Å²) in [7, 11) is 0. The van der Waals surface area contributed by atoms with Crippen LogP contribution in [0.25, 0.3) is 0 Å². The number of hydrogen-bond acceptors (Lipinski definition) is 3. The summed E-state index contributed by atoms with van der Waals surface area (Å²) < 4.78 is 18.6. The lowest BCUT2D eigenvalue weighted by Crippen LogP contribution is -2.38. The van der Waals surface area contributed by atoms with Crippen molar-refractivity contribution >= 4 is 35.2 Å². The molecule has 2 N–H and O–H groups in total. The van der Waals surface area contributed by atoms with Crippen LogP contribution < -0.4 is 10.6 Å². The Morgan fingerprint density at radius 3 is 2.54 bits per heavy atom. The third kappa shape index (κ3) is 5.89. The SMILES string of the molecule is CC(NC(=O)CNC(=O)OCc1ccccc1)c1cc(F)c(Cl)cc1Cl. The van der Waals surface area contributed by atoms with Gasteiger partial charge in [-0.2, -0.15) is 0 Å². The minimum atomic E-state index is -0.716. The fourth-order valence-corrected chi connectivity index (χ4v) is 2.71. The van der Waals surface area contributed by atoms with Crippen molar-refractivity contribution in [2.24, 2.45) is 0 Å². The van der Waals surface area contributed by atoms with E-state index in [0.717, 1.165) is 11.6 Å². The zero-order valence-corrected chi connectivity index (χ0v) is 15.4. The van der Waals surface area contributed by atoms with Gasteiger partial charge in [-0.25, -0.2) is 9.18 Å². The maximum absolute atomic E-state index is 13.6. The van der Waals surface area contributed by atoms with Crippen molar-refractivity contribution in [2.45, 2.75) is 19.6 Å². The predicted octanol–water partition coefficient (Wildman–Crippen LogP) is 4.24. The molecule has 0 saturated heterocycles. The van der Waals surface area contributed by atoms with Crippen LogP contribution in [0.1, 0.15) is 24.1 Å². The van der Waals surface area contributed by atoms with Crippen LogP contribution in [-0.4, -0.2) is 18.5 Å². The van der Waals surface area contributed by atoms with Gasteiger partial charge in [-0.3, -0.25) is 4.79 Å². The first kappa shape index (κ1) is 20.0. The maximum atomic E-state index is 13.6. The summed E-state index contributed by atoms with van der Waals surface area (Å²) in [5.74, 6) is -1.10. The highest BCUT2D eigenvalue weighted by Gasteiger charge is 2.16. The van der Waals surface area contributed by atoms with Gasteiger partial charge in [0.2, 0.25) is 5.91 Å². The minimum Gasteiger partial charge on any atom is -0.445 e. The van der Waals surface area contributed by atoms with Gasteiger partial charge in [0.1, 0.15) is 19.0 Å². The summed E-state index contributed by atoms with van der Waals surface area (Å²) in [4.78, 5) is 23.5. The van der Waals surface area contributed by atoms with Crippen LogP contribution >= 0.6 is 23.2 Å². The van der Waals surface area contributed by atoms with Crippen molar-refractivity contribution in [3.8, 4) is 0 Å². The van der Waals surface area contributed by atoms with Gasteiger partial charge in [0.25, 0.3) is 0 Å². The van der Waals surface area contributed by atoms with E-state index in [1.165, 1.54) is 6.07 Å². The lowest BCUT2D eigenvalue weighted by molar-refractivity contribution is -0.120. The maximum Gasteiger partial charge on any atom is 0.407 e. The number of benzene rings is 2. The number of ether oxygens (including phenoxy) is 1. The van der Waals surface area contributed by atoms with Gasteiger partial charge >= 0.3 is 6.09 Å². The van der Waals surface area contributed by atoms with Crippen LogP contribution in [0.15, 0.2) is 42.5 Å². The van der Waals surface area contributed by atoms with Crippen molar-refractivity contribution in [1.29, 1.82) is 0 Å². The first-order valence-electron chi connectivity index (χ1n) is 7.75. The summed E-state index contributed by atoms with van der Waals surface area (Å²) in [5, 5.41) is 5.09. The lowest BCUT2D eigenvalue weighted by Gasteiger charge is -2.16. The molecule has 0 aliphatic carbocycles. The van der Waals surface area contributed by atoms with Crippen LogP contribution in [0.4, 0.5) is 9.18 Å². The number of hydrogen-bond donors (Lipinski definition) is 2. The molecule has 2 rings (SSSR count). The molecule has 0 radical (unpaired) electrons. The van der Waals surface area contributed by atoms with Crippen molar-refractivity contribution in [3.63, 3.8) is 0 Å². The monoisotopic (exact) mass is 398 g/mol. The number of carbonyl (C=O) groups is 2. The van der Waals surface area contributed by atoms with Crippen LogP contribution in [0, 0.1) is 5.82 Å². The lowest BCUT2D eigenvalue weighted by atomic mass is 10.1. The van der Waals surface area contributed by atoms with Crippen molar-refractivity contribution in [3.05, 3.63) is 69.5 Å². The number of alkyl carbamates (subject to hydrolysis) is 1. The molecule has 0 bridgehead atoms. The van der Waals surface area contributed by atoms with E-state index in [4.69, 9.17) is 27.9 Å². The molecule has 8 heteroatoms. The number of carbonyl (C=O) groups excluding carboxylic acids is 2. The molecule has 2 amide bonds. The van der Waals surface area contributed by atoms with E-state index in [2.05, 4.69) is 10.6 Å². The molecule has 0 heterocycles. The van der Waals surface area contributed by atoms with Crippen LogP contribution in [0.3, 0.4) is 0 Å². The molecule has 0 spiro atoms. The topological polar surface area (TPSA) is 67.4 Å². The van der Waals surface area contributed by atoms with Crippen LogP contribution in [0.5, 0.6) is 0 Å². The van der Waals surface area contributed by atoms with E-state index in [-0.39, 0.29) is 23.2 Å². The Labute approximate surface area is 160 Å². The molecule has 0 saturated carbocycles. The van der Waals surface area contributed by atoms with Gasteiger partial charge in [-0.15, -0.1) is 0 Å². The van der Waals surface area contributed by atoms with Crippen molar-refractivity contribution in [1.82, 2.24) is 10.6 Å². The van der Waals surface area contributed by atoms with Gasteiger partial charge in [-0.1, -0.05) is 53.5 Å². The predicted molar refractivity (Wildman–Crippen MR) is 97.6 cm³/mol. The highest BCUT2D eigenvalue weighted by molar-refractivity contribution is 6.35. The molecule has 26 heavy (non-hydrogen) atoms. The Kier molecular flexibility index (Phi) is 7.24. The average molecular weight is 399 g/mol. The number of nitrogens with one attached hydrogen (secondary N) is 2. The fourth-order valence-electron chi connectivity index (χ4n) is 2.17. The second kappa shape index (κ2) is 9.40. The van der Waals surface area contributed by atoms with Gasteiger partial charge in [0.05, 0.1) is 11.1 Å². The first-order valence-corrected chi connectivity index (χ1v) is 8.50. The summed E-state index contributed by atoms with van der Waals surface area (Å²) in [5.41, 5.74) is 1.22. The van der Waals surface area contributed by atoms with Crippen LogP contribution in [0.2, 0.25) is 10.0 Å². The largest absolute Gasteiger partial charge is 0.445 e. The molecule has 5 nitrogen and oxygen atoms in total. The number of rotatable bonds is 6. The smallest absolute Gasteiger partial charge is 0.407 e. The van der Waals surface area contributed by atoms with E-state index in [1.54, 1.807) is 6.92 Å². The second-order valence-electron chi connectivity index (χ2n) is 5.49. The molecule has 0 aromatic heterocycles. The quantitative estimate of drug-likeness (QED) is 0.715. The van der Waals surface area contributed by atoms with E-state index < -0.39 is 23.9 Å². The zero-order chi connectivity index (χ0) is 19.1. The van der Waals surface area contributed by atoms with Crippen molar-refractivity contribution < 1.29 is 18.7 Å². The summed E-state index contributed by atoms with van der Waals surface area (Å²) >= 11 is 11.7. The summed E-state index contributed by atoms with van der Waals surface area (Å²) in [6.07, 6.45) is -0.716. The van der Waals surface area contributed by atoms with E-state index in [1.807, 2.05) is 30.3 Å². The Balaban J connectivity index is 1.79. The molecule has 2 aromatic carbocycles. The molecule has 138 valence electrons. The Hall–Kier alpha value is -2.31. The average Bonchev–Trinajstić information content (AvgIpc) is 2.62. The second-order valence-corrected chi connectivity index (χ2v) is 6.31. The van der Waals surface area contributed by atoms with E-state index in [0.29, 0.717) is 5.56 Å². The minimum absolute atomic E-state index is 0.0971.